The Kier molecular flexibility index (Phi) is 8.57. The summed E-state index contributed by atoms with van der Waals surface area (Å²) < 4.78 is 5.16. The van der Waals surface area contributed by atoms with Crippen LogP contribution in [-0.2, 0) is 9.53 Å². The molecule has 0 fully saturated rings. The Bertz CT molecular complexity index is 1000. The second-order valence-corrected chi connectivity index (χ2v) is 7.58. The zero-order chi connectivity index (χ0) is 23.0. The number of nitrogens with zero attached hydrogens (tertiary/aromatic N) is 1. The van der Waals surface area contributed by atoms with Crippen LogP contribution in [0.2, 0.25) is 0 Å². The summed E-state index contributed by atoms with van der Waals surface area (Å²) in [6.07, 6.45) is 2.33. The van der Waals surface area contributed by atoms with E-state index in [4.69, 9.17) is 10.00 Å². The molecule has 4 N–H and O–H groups in total. The summed E-state index contributed by atoms with van der Waals surface area (Å²) in [6, 6.07) is 7.12. The minimum absolute atomic E-state index is 0.184. The Balaban J connectivity index is 2.59. The third-order valence-corrected chi connectivity index (χ3v) is 5.29. The molecule has 0 saturated carbocycles. The van der Waals surface area contributed by atoms with Gasteiger partial charge >= 0.3 is 6.03 Å². The quantitative estimate of drug-likeness (QED) is 0.172. The van der Waals surface area contributed by atoms with Gasteiger partial charge in [-0.15, -0.1) is 0 Å². The molecule has 1 aromatic rings. The molecule has 9 nitrogen and oxygen atoms in total. The van der Waals surface area contributed by atoms with Crippen LogP contribution in [0.25, 0.3) is 0 Å². The van der Waals surface area contributed by atoms with E-state index in [1.165, 1.54) is 50.2 Å². The molecule has 0 aromatic heterocycles. The number of ether oxygens (including phenoxy) is 1. The normalized spacial score (nSPS) is 15.6. The first-order chi connectivity index (χ1) is 14.8. The van der Waals surface area contributed by atoms with Crippen molar-refractivity contribution >= 4 is 29.5 Å². The molecule has 0 spiro atoms. The summed E-state index contributed by atoms with van der Waals surface area (Å²) in [7, 11) is 2.88. The summed E-state index contributed by atoms with van der Waals surface area (Å²) in [5.74, 6) is -1.45. The van der Waals surface area contributed by atoms with E-state index in [1.54, 1.807) is 19.1 Å². The number of hydrogen-bond acceptors (Lipinski definition) is 7. The molecule has 1 aliphatic rings. The van der Waals surface area contributed by atoms with Gasteiger partial charge in [-0.2, -0.15) is 5.26 Å². The first-order valence-corrected chi connectivity index (χ1v) is 9.96. The molecule has 1 unspecified atom stereocenters. The van der Waals surface area contributed by atoms with Crippen LogP contribution in [-0.4, -0.2) is 49.7 Å². The number of aliphatic hydroxyl groups excluding tert-OH is 1. The number of carbonyl (C=O) groups is 3. The molecular formula is C21H22N4O5S. The second kappa shape index (κ2) is 11.1. The van der Waals surface area contributed by atoms with Gasteiger partial charge in [0.05, 0.1) is 29.9 Å². The number of amides is 3. The number of benzene rings is 1. The summed E-state index contributed by atoms with van der Waals surface area (Å²) in [6.45, 7) is 1.79. The van der Waals surface area contributed by atoms with E-state index in [0.29, 0.717) is 15.4 Å². The first kappa shape index (κ1) is 23.9. The lowest BCUT2D eigenvalue weighted by Crippen LogP contribution is -2.47. The summed E-state index contributed by atoms with van der Waals surface area (Å²) in [4.78, 5) is 38.8. The maximum absolute atomic E-state index is 13.3. The number of hydrazine groups is 1. The van der Waals surface area contributed by atoms with E-state index in [0.717, 1.165) is 0 Å². The molecule has 10 heteroatoms. The van der Waals surface area contributed by atoms with Crippen molar-refractivity contribution in [1.29, 1.82) is 5.26 Å². The maximum Gasteiger partial charge on any atom is 0.333 e. The van der Waals surface area contributed by atoms with Crippen molar-refractivity contribution in [2.24, 2.45) is 0 Å². The van der Waals surface area contributed by atoms with Gasteiger partial charge < -0.3 is 15.2 Å². The van der Waals surface area contributed by atoms with Crippen molar-refractivity contribution < 1.29 is 24.2 Å². The van der Waals surface area contributed by atoms with E-state index < -0.39 is 23.8 Å². The van der Waals surface area contributed by atoms with Crippen LogP contribution < -0.4 is 16.2 Å². The third kappa shape index (κ3) is 6.29. The highest BCUT2D eigenvalue weighted by Gasteiger charge is 2.26. The standard InChI is InChI=1S/C21H22N4O5S/c1-12(26)17-9-15(8-16(31-17)11-30-3)18(20(28)24-25-21(29)23-2)19(27)14-6-4-13(10-22)5-7-14/h4-9,12,26H,11H2,1-3H3,(H,24,28)(H2,23,25,29)/b18-15+. The molecule has 2 rings (SSSR count). The highest BCUT2D eigenvalue weighted by atomic mass is 32.2. The topological polar surface area (TPSA) is 141 Å². The van der Waals surface area contributed by atoms with Gasteiger partial charge in [-0.05, 0) is 48.9 Å². The molecule has 0 saturated heterocycles. The van der Waals surface area contributed by atoms with E-state index in [-0.39, 0.29) is 23.3 Å². The average molecular weight is 442 g/mol. The van der Waals surface area contributed by atoms with E-state index in [9.17, 15) is 19.5 Å². The van der Waals surface area contributed by atoms with Crippen molar-refractivity contribution in [3.63, 3.8) is 0 Å². The molecule has 0 bridgehead atoms. The zero-order valence-electron chi connectivity index (χ0n) is 17.2. The Hall–Kier alpha value is -3.39. The van der Waals surface area contributed by atoms with Crippen LogP contribution in [0.3, 0.4) is 0 Å². The molecular weight excluding hydrogens is 420 g/mol. The van der Waals surface area contributed by atoms with E-state index in [1.807, 2.05) is 6.07 Å². The first-order valence-electron chi connectivity index (χ1n) is 9.14. The maximum atomic E-state index is 13.3. The predicted octanol–water partition coefficient (Wildman–Crippen LogP) is 1.54. The fourth-order valence-electron chi connectivity index (χ4n) is 2.59. The van der Waals surface area contributed by atoms with Gasteiger partial charge in [0.2, 0.25) is 0 Å². The van der Waals surface area contributed by atoms with Crippen molar-refractivity contribution in [2.75, 3.05) is 20.8 Å². The van der Waals surface area contributed by atoms with Crippen molar-refractivity contribution in [1.82, 2.24) is 16.2 Å². The lowest BCUT2D eigenvalue weighted by molar-refractivity contribution is -0.117. The Morgan fingerprint density at radius 3 is 2.42 bits per heavy atom. The van der Waals surface area contributed by atoms with Gasteiger partial charge in [-0.1, -0.05) is 11.8 Å². The molecule has 1 heterocycles. The van der Waals surface area contributed by atoms with Crippen LogP contribution in [0.4, 0.5) is 4.79 Å². The SMILES string of the molecule is CNC(=O)NNC(=O)/C(C(=O)c1ccc(C#N)cc1)=C1\C=C(COC)SC(C(C)O)=C1. The van der Waals surface area contributed by atoms with Gasteiger partial charge in [0, 0.05) is 29.5 Å². The summed E-state index contributed by atoms with van der Waals surface area (Å²) in [5, 5.41) is 21.3. The molecule has 1 atom stereocenters. The van der Waals surface area contributed by atoms with Gasteiger partial charge in [0.15, 0.2) is 5.78 Å². The molecule has 1 aromatic carbocycles. The number of urea groups is 1. The number of ketones is 1. The number of hydrogen-bond donors (Lipinski definition) is 4. The second-order valence-electron chi connectivity index (χ2n) is 6.38. The molecule has 162 valence electrons. The number of allylic oxidation sites excluding steroid dienone is 3. The average Bonchev–Trinajstić information content (AvgIpc) is 2.77. The highest BCUT2D eigenvalue weighted by Crippen LogP contribution is 2.36. The third-order valence-electron chi connectivity index (χ3n) is 4.10. The number of carbonyl (C=O) groups excluding carboxylic acids is 3. The lowest BCUT2D eigenvalue weighted by Gasteiger charge is -2.20. The minimum atomic E-state index is -0.839. The monoisotopic (exact) mass is 442 g/mol. The number of nitriles is 1. The van der Waals surface area contributed by atoms with E-state index >= 15 is 0 Å². The van der Waals surface area contributed by atoms with Crippen LogP contribution in [0.1, 0.15) is 22.8 Å². The lowest BCUT2D eigenvalue weighted by atomic mass is 9.96. The number of methoxy groups -OCH3 is 1. The molecule has 0 aliphatic carbocycles. The summed E-state index contributed by atoms with van der Waals surface area (Å²) >= 11 is 1.29. The Labute approximate surface area is 183 Å². The number of Topliss-reactive ketones (excluding diaryl/α,β-unsaturated/α-hetero) is 1. The highest BCUT2D eigenvalue weighted by molar-refractivity contribution is 8.06. The van der Waals surface area contributed by atoms with Crippen molar-refractivity contribution in [2.45, 2.75) is 13.0 Å². The smallest absolute Gasteiger partial charge is 0.333 e. The van der Waals surface area contributed by atoms with Crippen molar-refractivity contribution in [3.05, 3.63) is 68.5 Å². The van der Waals surface area contributed by atoms with Crippen LogP contribution in [0.5, 0.6) is 0 Å². The number of thioether (sulfide) groups is 1. The molecule has 31 heavy (non-hydrogen) atoms. The number of nitrogens with one attached hydrogen (secondary N) is 3. The minimum Gasteiger partial charge on any atom is -0.388 e. The largest absolute Gasteiger partial charge is 0.388 e. The molecule has 3 amide bonds. The Morgan fingerprint density at radius 2 is 1.87 bits per heavy atom. The van der Waals surface area contributed by atoms with Crippen LogP contribution in [0.15, 0.2) is 57.4 Å². The number of rotatable bonds is 6. The predicted molar refractivity (Wildman–Crippen MR) is 116 cm³/mol. The zero-order valence-corrected chi connectivity index (χ0v) is 18.0. The van der Waals surface area contributed by atoms with Gasteiger partial charge in [0.25, 0.3) is 5.91 Å². The number of aliphatic hydroxyl groups is 1. The van der Waals surface area contributed by atoms with Gasteiger partial charge in [0.1, 0.15) is 0 Å². The van der Waals surface area contributed by atoms with E-state index in [2.05, 4.69) is 16.2 Å². The molecule has 1 aliphatic heterocycles. The fourth-order valence-corrected chi connectivity index (χ4v) is 3.61. The van der Waals surface area contributed by atoms with Gasteiger partial charge in [-0.25, -0.2) is 10.2 Å². The fraction of sp³-hybridized carbons (Fsp3) is 0.238. The van der Waals surface area contributed by atoms with Crippen molar-refractivity contribution in [3.8, 4) is 6.07 Å². The van der Waals surface area contributed by atoms with Gasteiger partial charge in [-0.3, -0.25) is 15.0 Å². The van der Waals surface area contributed by atoms with Crippen LogP contribution >= 0.6 is 11.8 Å². The summed E-state index contributed by atoms with van der Waals surface area (Å²) in [5.41, 5.74) is 4.91. The Morgan fingerprint density at radius 1 is 1.19 bits per heavy atom. The van der Waals surface area contributed by atoms with Crippen LogP contribution in [0, 0.1) is 11.3 Å². The molecule has 0 radical (unpaired) electrons.